The van der Waals surface area contributed by atoms with Crippen LogP contribution in [-0.4, -0.2) is 25.0 Å². The molecule has 0 aromatic heterocycles. The fourth-order valence-electron chi connectivity index (χ4n) is 1.13. The van der Waals surface area contributed by atoms with E-state index in [1.54, 1.807) is 13.8 Å². The zero-order valence-electron chi connectivity index (χ0n) is 8.01. The molecule has 5 heteroatoms. The van der Waals surface area contributed by atoms with E-state index in [-0.39, 0.29) is 12.3 Å². The van der Waals surface area contributed by atoms with Crippen molar-refractivity contribution >= 4 is 5.97 Å². The summed E-state index contributed by atoms with van der Waals surface area (Å²) in [5.74, 6) is -1.14. The van der Waals surface area contributed by atoms with Gasteiger partial charge in [0.2, 0.25) is 0 Å². The van der Waals surface area contributed by atoms with Gasteiger partial charge in [0.25, 0.3) is 6.43 Å². The largest absolute Gasteiger partial charge is 0.467 e. The fraction of sp³-hybridized carbons (Fsp3) is 0.875. The minimum Gasteiger partial charge on any atom is -0.467 e. The number of esters is 1. The van der Waals surface area contributed by atoms with Crippen molar-refractivity contribution in [3.05, 3.63) is 0 Å². The molecule has 1 unspecified atom stereocenters. The lowest BCUT2D eigenvalue weighted by Crippen LogP contribution is -2.55. The third-order valence-corrected chi connectivity index (χ3v) is 1.70. The van der Waals surface area contributed by atoms with Crippen LogP contribution in [0.3, 0.4) is 0 Å². The molecule has 0 fully saturated rings. The molecule has 0 aliphatic rings. The summed E-state index contributed by atoms with van der Waals surface area (Å²) in [4.78, 5) is 11.0. The molecule has 3 nitrogen and oxygen atoms in total. The molecule has 0 saturated carbocycles. The summed E-state index contributed by atoms with van der Waals surface area (Å²) in [6.07, 6.45) is -2.99. The maximum absolute atomic E-state index is 12.5. The molecule has 0 saturated heterocycles. The lowest BCUT2D eigenvalue weighted by atomic mass is 9.90. The molecule has 13 heavy (non-hydrogen) atoms. The van der Waals surface area contributed by atoms with E-state index in [0.717, 1.165) is 7.11 Å². The second kappa shape index (κ2) is 4.50. The quantitative estimate of drug-likeness (QED) is 0.685. The Balaban J connectivity index is 4.62. The second-order valence-corrected chi connectivity index (χ2v) is 3.43. The smallest absolute Gasteiger partial charge is 0.331 e. The molecular weight excluding hydrogens is 180 g/mol. The molecule has 0 aromatic carbocycles. The van der Waals surface area contributed by atoms with Crippen LogP contribution in [0.4, 0.5) is 8.78 Å². The highest BCUT2D eigenvalue weighted by Crippen LogP contribution is 2.23. The average molecular weight is 195 g/mol. The standard InChI is InChI=1S/C8H15F2NO2/c1-5(2)4-8(11,6(9)10)7(12)13-3/h5-6H,4,11H2,1-3H3. The van der Waals surface area contributed by atoms with Gasteiger partial charge in [0.1, 0.15) is 0 Å². The molecule has 0 aromatic rings. The molecular formula is C8H15F2NO2. The summed E-state index contributed by atoms with van der Waals surface area (Å²) in [6, 6.07) is 0. The van der Waals surface area contributed by atoms with Crippen LogP contribution in [0, 0.1) is 5.92 Å². The van der Waals surface area contributed by atoms with E-state index >= 15 is 0 Å². The van der Waals surface area contributed by atoms with Crippen molar-refractivity contribution in [2.24, 2.45) is 11.7 Å². The van der Waals surface area contributed by atoms with Crippen LogP contribution < -0.4 is 5.73 Å². The number of alkyl halides is 2. The first-order valence-corrected chi connectivity index (χ1v) is 4.00. The number of rotatable bonds is 4. The zero-order chi connectivity index (χ0) is 10.6. The van der Waals surface area contributed by atoms with Gasteiger partial charge >= 0.3 is 5.97 Å². The number of methoxy groups -OCH3 is 1. The number of carbonyl (C=O) groups excluding carboxylic acids is 1. The molecule has 0 aliphatic heterocycles. The van der Waals surface area contributed by atoms with Crippen molar-refractivity contribution in [1.82, 2.24) is 0 Å². The molecule has 0 heterocycles. The van der Waals surface area contributed by atoms with Crippen LogP contribution in [0.1, 0.15) is 20.3 Å². The van der Waals surface area contributed by atoms with E-state index < -0.39 is 17.9 Å². The lowest BCUT2D eigenvalue weighted by Gasteiger charge is -2.26. The van der Waals surface area contributed by atoms with Crippen LogP contribution in [-0.2, 0) is 9.53 Å². The number of ether oxygens (including phenoxy) is 1. The maximum atomic E-state index is 12.5. The predicted molar refractivity (Wildman–Crippen MR) is 44.4 cm³/mol. The molecule has 0 amide bonds. The Morgan fingerprint density at radius 2 is 2.00 bits per heavy atom. The van der Waals surface area contributed by atoms with Crippen LogP contribution in [0.25, 0.3) is 0 Å². The minimum atomic E-state index is -2.90. The Labute approximate surface area is 76.2 Å². The van der Waals surface area contributed by atoms with E-state index in [0.29, 0.717) is 0 Å². The fourth-order valence-corrected chi connectivity index (χ4v) is 1.13. The highest BCUT2D eigenvalue weighted by Gasteiger charge is 2.45. The Morgan fingerprint density at radius 3 is 2.23 bits per heavy atom. The number of hydrogen-bond acceptors (Lipinski definition) is 3. The van der Waals surface area contributed by atoms with Crippen LogP contribution in [0.15, 0.2) is 0 Å². The topological polar surface area (TPSA) is 52.3 Å². The van der Waals surface area contributed by atoms with E-state index in [4.69, 9.17) is 5.73 Å². The van der Waals surface area contributed by atoms with Gasteiger partial charge in [0, 0.05) is 0 Å². The SMILES string of the molecule is COC(=O)C(N)(CC(C)C)C(F)F. The monoisotopic (exact) mass is 195 g/mol. The summed E-state index contributed by atoms with van der Waals surface area (Å²) in [5.41, 5.74) is 3.11. The van der Waals surface area contributed by atoms with Crippen molar-refractivity contribution in [3.8, 4) is 0 Å². The Kier molecular flexibility index (Phi) is 4.26. The summed E-state index contributed by atoms with van der Waals surface area (Å²) >= 11 is 0. The van der Waals surface area contributed by atoms with Gasteiger partial charge in [-0.1, -0.05) is 13.8 Å². The van der Waals surface area contributed by atoms with Gasteiger partial charge in [0.15, 0.2) is 5.54 Å². The Bertz CT molecular complexity index is 185. The summed E-state index contributed by atoms with van der Waals surface area (Å²) < 4.78 is 29.1. The normalized spacial score (nSPS) is 16.0. The van der Waals surface area contributed by atoms with Crippen LogP contribution in [0.2, 0.25) is 0 Å². The molecule has 1 atom stereocenters. The van der Waals surface area contributed by atoms with Gasteiger partial charge in [-0.25, -0.2) is 13.6 Å². The van der Waals surface area contributed by atoms with Crippen molar-refractivity contribution in [3.63, 3.8) is 0 Å². The summed E-state index contributed by atoms with van der Waals surface area (Å²) in [5, 5.41) is 0. The maximum Gasteiger partial charge on any atom is 0.331 e. The van der Waals surface area contributed by atoms with E-state index in [1.165, 1.54) is 0 Å². The molecule has 0 spiro atoms. The third-order valence-electron chi connectivity index (χ3n) is 1.70. The molecule has 78 valence electrons. The van der Waals surface area contributed by atoms with Crippen molar-refractivity contribution in [1.29, 1.82) is 0 Å². The Hall–Kier alpha value is -0.710. The lowest BCUT2D eigenvalue weighted by molar-refractivity contribution is -0.154. The molecule has 0 rings (SSSR count). The second-order valence-electron chi connectivity index (χ2n) is 3.43. The first kappa shape index (κ1) is 12.3. The van der Waals surface area contributed by atoms with Gasteiger partial charge in [-0.2, -0.15) is 0 Å². The van der Waals surface area contributed by atoms with Crippen LogP contribution in [0.5, 0.6) is 0 Å². The first-order valence-electron chi connectivity index (χ1n) is 4.00. The number of halogens is 2. The summed E-state index contributed by atoms with van der Waals surface area (Å²) in [6.45, 7) is 3.43. The number of carbonyl (C=O) groups is 1. The first-order chi connectivity index (χ1) is 5.84. The van der Waals surface area contributed by atoms with E-state index in [9.17, 15) is 13.6 Å². The van der Waals surface area contributed by atoms with Gasteiger partial charge in [-0.3, -0.25) is 0 Å². The molecule has 0 radical (unpaired) electrons. The van der Waals surface area contributed by atoms with Gasteiger partial charge in [-0.15, -0.1) is 0 Å². The highest BCUT2D eigenvalue weighted by molar-refractivity contribution is 5.81. The van der Waals surface area contributed by atoms with Gasteiger partial charge in [0.05, 0.1) is 7.11 Å². The van der Waals surface area contributed by atoms with Gasteiger partial charge in [-0.05, 0) is 12.3 Å². The van der Waals surface area contributed by atoms with E-state index in [1.807, 2.05) is 0 Å². The van der Waals surface area contributed by atoms with Gasteiger partial charge < -0.3 is 10.5 Å². The summed E-state index contributed by atoms with van der Waals surface area (Å²) in [7, 11) is 1.05. The highest BCUT2D eigenvalue weighted by atomic mass is 19.3. The Morgan fingerprint density at radius 1 is 1.54 bits per heavy atom. The molecule has 0 aliphatic carbocycles. The number of hydrogen-bond donors (Lipinski definition) is 1. The molecule has 0 bridgehead atoms. The van der Waals surface area contributed by atoms with E-state index in [2.05, 4.69) is 4.74 Å². The number of nitrogens with two attached hydrogens (primary N) is 1. The predicted octanol–water partition coefficient (Wildman–Crippen LogP) is 1.17. The van der Waals surface area contributed by atoms with Crippen LogP contribution >= 0.6 is 0 Å². The molecule has 2 N–H and O–H groups in total. The van der Waals surface area contributed by atoms with Crippen molar-refractivity contribution < 1.29 is 18.3 Å². The minimum absolute atomic E-state index is 0.0851. The van der Waals surface area contributed by atoms with Crippen molar-refractivity contribution in [2.45, 2.75) is 32.2 Å². The zero-order valence-corrected chi connectivity index (χ0v) is 8.01. The average Bonchev–Trinajstić information content (AvgIpc) is 2.01. The van der Waals surface area contributed by atoms with Crippen molar-refractivity contribution in [2.75, 3.05) is 7.11 Å². The third kappa shape index (κ3) is 2.91.